The number of hydrogen-bond acceptors (Lipinski definition) is 2. The van der Waals surface area contributed by atoms with E-state index >= 15 is 0 Å². The number of rotatable bonds is 4. The first-order valence-electron chi connectivity index (χ1n) is 6.31. The first-order chi connectivity index (χ1) is 8.65. The van der Waals surface area contributed by atoms with Gasteiger partial charge >= 0.3 is 0 Å². The van der Waals surface area contributed by atoms with E-state index in [9.17, 15) is 9.18 Å². The lowest BCUT2D eigenvalue weighted by molar-refractivity contribution is -0.119. The normalized spacial score (nSPS) is 19.8. The van der Waals surface area contributed by atoms with Crippen molar-refractivity contribution >= 4 is 17.4 Å². The Balaban J connectivity index is 1.92. The van der Waals surface area contributed by atoms with Crippen LogP contribution < -0.4 is 5.32 Å². The maximum absolute atomic E-state index is 13.5. The Morgan fingerprint density at radius 3 is 3.06 bits per heavy atom. The molecule has 1 heterocycles. The summed E-state index contributed by atoms with van der Waals surface area (Å²) < 4.78 is 13.5. The molecular formula is C14H17ClFNO. The summed E-state index contributed by atoms with van der Waals surface area (Å²) in [7, 11) is 0. The largest absolute Gasteiger partial charge is 0.316 e. The summed E-state index contributed by atoms with van der Waals surface area (Å²) >= 11 is 5.80. The van der Waals surface area contributed by atoms with Gasteiger partial charge in [-0.3, -0.25) is 4.79 Å². The van der Waals surface area contributed by atoms with Crippen molar-refractivity contribution in [3.63, 3.8) is 0 Å². The Bertz CT molecular complexity index is 430. The standard InChI is InChI=1S/C14H17ClFNO/c15-12-3-4-14(16)11(7-12)8-13(18)6-10-2-1-5-17-9-10/h3-4,7,10,17H,1-2,5-6,8-9H2. The number of benzene rings is 1. The van der Waals surface area contributed by atoms with Gasteiger partial charge in [-0.2, -0.15) is 0 Å². The van der Waals surface area contributed by atoms with Crippen LogP contribution in [0.5, 0.6) is 0 Å². The van der Waals surface area contributed by atoms with Crippen LogP contribution in [-0.2, 0) is 11.2 Å². The number of nitrogens with one attached hydrogen (secondary N) is 1. The van der Waals surface area contributed by atoms with Crippen molar-refractivity contribution in [3.05, 3.63) is 34.6 Å². The van der Waals surface area contributed by atoms with Crippen molar-refractivity contribution in [3.8, 4) is 0 Å². The third-order valence-electron chi connectivity index (χ3n) is 3.31. The number of carbonyl (C=O) groups excluding carboxylic acids is 1. The average Bonchev–Trinajstić information content (AvgIpc) is 2.35. The number of piperidine rings is 1. The molecule has 2 rings (SSSR count). The van der Waals surface area contributed by atoms with Crippen LogP contribution in [0.3, 0.4) is 0 Å². The van der Waals surface area contributed by atoms with Crippen LogP contribution in [0.4, 0.5) is 4.39 Å². The second-order valence-corrected chi connectivity index (χ2v) is 5.30. The number of halogens is 2. The molecular weight excluding hydrogens is 253 g/mol. The molecule has 4 heteroatoms. The van der Waals surface area contributed by atoms with Gasteiger partial charge in [0.15, 0.2) is 0 Å². The summed E-state index contributed by atoms with van der Waals surface area (Å²) in [4.78, 5) is 11.9. The van der Waals surface area contributed by atoms with E-state index in [-0.39, 0.29) is 18.0 Å². The molecule has 0 bridgehead atoms. The highest BCUT2D eigenvalue weighted by molar-refractivity contribution is 6.30. The fraction of sp³-hybridized carbons (Fsp3) is 0.500. The van der Waals surface area contributed by atoms with Gasteiger partial charge in [-0.25, -0.2) is 4.39 Å². The third-order valence-corrected chi connectivity index (χ3v) is 3.55. The zero-order valence-electron chi connectivity index (χ0n) is 10.2. The second-order valence-electron chi connectivity index (χ2n) is 4.87. The highest BCUT2D eigenvalue weighted by atomic mass is 35.5. The van der Waals surface area contributed by atoms with Crippen LogP contribution in [-0.4, -0.2) is 18.9 Å². The maximum Gasteiger partial charge on any atom is 0.137 e. The monoisotopic (exact) mass is 269 g/mol. The summed E-state index contributed by atoms with van der Waals surface area (Å²) in [6.45, 7) is 1.93. The van der Waals surface area contributed by atoms with Crippen LogP contribution in [0.1, 0.15) is 24.8 Å². The zero-order chi connectivity index (χ0) is 13.0. The smallest absolute Gasteiger partial charge is 0.137 e. The SMILES string of the molecule is O=C(Cc1cc(Cl)ccc1F)CC1CCCNC1. The quantitative estimate of drug-likeness (QED) is 0.910. The van der Waals surface area contributed by atoms with E-state index < -0.39 is 0 Å². The summed E-state index contributed by atoms with van der Waals surface area (Å²) in [5, 5.41) is 3.75. The predicted octanol–water partition coefficient (Wildman–Crippen LogP) is 2.98. The van der Waals surface area contributed by atoms with Gasteiger partial charge in [-0.15, -0.1) is 0 Å². The van der Waals surface area contributed by atoms with Crippen LogP contribution in [0, 0.1) is 11.7 Å². The summed E-state index contributed by atoms with van der Waals surface area (Å²) in [5.74, 6) is 0.132. The molecule has 1 aromatic rings. The Morgan fingerprint density at radius 1 is 1.50 bits per heavy atom. The molecule has 1 aliphatic heterocycles. The molecule has 0 spiro atoms. The fourth-order valence-electron chi connectivity index (χ4n) is 2.38. The predicted molar refractivity (Wildman–Crippen MR) is 70.3 cm³/mol. The lowest BCUT2D eigenvalue weighted by atomic mass is 9.92. The topological polar surface area (TPSA) is 29.1 Å². The van der Waals surface area contributed by atoms with Crippen molar-refractivity contribution in [1.29, 1.82) is 0 Å². The Hall–Kier alpha value is -0.930. The van der Waals surface area contributed by atoms with Crippen LogP contribution in [0.15, 0.2) is 18.2 Å². The van der Waals surface area contributed by atoms with Crippen molar-refractivity contribution in [2.24, 2.45) is 5.92 Å². The van der Waals surface area contributed by atoms with Gasteiger partial charge in [-0.05, 0) is 55.6 Å². The molecule has 2 nitrogen and oxygen atoms in total. The number of Topliss-reactive ketones (excluding diaryl/α,β-unsaturated/α-hetero) is 1. The molecule has 1 aliphatic rings. The van der Waals surface area contributed by atoms with Crippen molar-refractivity contribution in [2.45, 2.75) is 25.7 Å². The lowest BCUT2D eigenvalue weighted by Crippen LogP contribution is -2.31. The first-order valence-corrected chi connectivity index (χ1v) is 6.69. The molecule has 0 radical (unpaired) electrons. The Morgan fingerprint density at radius 2 is 2.33 bits per heavy atom. The number of carbonyl (C=O) groups is 1. The van der Waals surface area contributed by atoms with Crippen LogP contribution >= 0.6 is 11.6 Å². The van der Waals surface area contributed by atoms with Crippen LogP contribution in [0.2, 0.25) is 5.02 Å². The molecule has 98 valence electrons. The molecule has 0 saturated carbocycles. The molecule has 1 atom stereocenters. The van der Waals surface area contributed by atoms with E-state index in [1.165, 1.54) is 18.2 Å². The molecule has 0 amide bonds. The number of ketones is 1. The molecule has 1 unspecified atom stereocenters. The van der Waals surface area contributed by atoms with Crippen LogP contribution in [0.25, 0.3) is 0 Å². The van der Waals surface area contributed by atoms with Gasteiger partial charge in [-0.1, -0.05) is 11.6 Å². The van der Waals surface area contributed by atoms with E-state index in [0.717, 1.165) is 25.9 Å². The summed E-state index contributed by atoms with van der Waals surface area (Å²) in [5.41, 5.74) is 0.399. The minimum atomic E-state index is -0.352. The average molecular weight is 270 g/mol. The first kappa shape index (κ1) is 13.5. The van der Waals surface area contributed by atoms with E-state index in [2.05, 4.69) is 5.32 Å². The van der Waals surface area contributed by atoms with E-state index in [4.69, 9.17) is 11.6 Å². The number of hydrogen-bond donors (Lipinski definition) is 1. The minimum Gasteiger partial charge on any atom is -0.316 e. The molecule has 1 aromatic carbocycles. The van der Waals surface area contributed by atoms with E-state index in [0.29, 0.717) is 22.9 Å². The van der Waals surface area contributed by atoms with Gasteiger partial charge in [0.1, 0.15) is 11.6 Å². The van der Waals surface area contributed by atoms with E-state index in [1.807, 2.05) is 0 Å². The molecule has 1 N–H and O–H groups in total. The molecule has 0 aromatic heterocycles. The maximum atomic E-state index is 13.5. The van der Waals surface area contributed by atoms with E-state index in [1.54, 1.807) is 0 Å². The minimum absolute atomic E-state index is 0.0878. The Labute approximate surface area is 112 Å². The van der Waals surface area contributed by atoms with Gasteiger partial charge < -0.3 is 5.32 Å². The van der Waals surface area contributed by atoms with Crippen molar-refractivity contribution < 1.29 is 9.18 Å². The Kier molecular flexibility index (Phi) is 4.72. The van der Waals surface area contributed by atoms with Crippen molar-refractivity contribution in [2.75, 3.05) is 13.1 Å². The van der Waals surface area contributed by atoms with Crippen molar-refractivity contribution in [1.82, 2.24) is 5.32 Å². The molecule has 18 heavy (non-hydrogen) atoms. The fourth-order valence-corrected chi connectivity index (χ4v) is 2.58. The van der Waals surface area contributed by atoms with Gasteiger partial charge in [0.05, 0.1) is 0 Å². The zero-order valence-corrected chi connectivity index (χ0v) is 11.0. The van der Waals surface area contributed by atoms with Gasteiger partial charge in [0.25, 0.3) is 0 Å². The van der Waals surface area contributed by atoms with Gasteiger partial charge in [0, 0.05) is 17.9 Å². The second kappa shape index (κ2) is 6.30. The molecule has 0 aliphatic carbocycles. The summed E-state index contributed by atoms with van der Waals surface area (Å²) in [6.07, 6.45) is 2.86. The highest BCUT2D eigenvalue weighted by Crippen LogP contribution is 2.19. The summed E-state index contributed by atoms with van der Waals surface area (Å²) in [6, 6.07) is 4.34. The third kappa shape index (κ3) is 3.79. The highest BCUT2D eigenvalue weighted by Gasteiger charge is 2.17. The molecule has 1 saturated heterocycles. The molecule has 1 fully saturated rings. The van der Waals surface area contributed by atoms with Gasteiger partial charge in [0.2, 0.25) is 0 Å². The lowest BCUT2D eigenvalue weighted by Gasteiger charge is -2.21.